The summed E-state index contributed by atoms with van der Waals surface area (Å²) in [6, 6.07) is 8.70. The molecule has 106 valence electrons. The van der Waals surface area contributed by atoms with E-state index in [-0.39, 0.29) is 6.61 Å². The Morgan fingerprint density at radius 2 is 1.79 bits per heavy atom. The van der Waals surface area contributed by atoms with Crippen molar-refractivity contribution >= 4 is 11.6 Å². The zero-order chi connectivity index (χ0) is 13.7. The highest BCUT2D eigenvalue weighted by Crippen LogP contribution is 2.26. The van der Waals surface area contributed by atoms with Crippen molar-refractivity contribution in [2.24, 2.45) is 0 Å². The average molecular weight is 283 g/mol. The fourth-order valence-electron chi connectivity index (χ4n) is 2.83. The van der Waals surface area contributed by atoms with E-state index in [4.69, 9.17) is 16.7 Å². The Labute approximate surface area is 120 Å². The number of nitrogens with zero attached hydrogens (tertiary/aromatic N) is 2. The molecule has 1 aromatic rings. The second-order valence-corrected chi connectivity index (χ2v) is 5.51. The van der Waals surface area contributed by atoms with E-state index < -0.39 is 0 Å². The molecule has 1 aliphatic rings. The van der Waals surface area contributed by atoms with Crippen molar-refractivity contribution in [1.82, 2.24) is 9.80 Å². The molecule has 1 saturated heterocycles. The average Bonchev–Trinajstić information content (AvgIpc) is 2.44. The number of aliphatic hydroxyl groups is 1. The van der Waals surface area contributed by atoms with Gasteiger partial charge in [-0.25, -0.2) is 0 Å². The Morgan fingerprint density at radius 1 is 1.16 bits per heavy atom. The largest absolute Gasteiger partial charge is 0.395 e. The molecule has 0 aliphatic carbocycles. The van der Waals surface area contributed by atoms with Crippen molar-refractivity contribution in [2.75, 3.05) is 39.3 Å². The van der Waals surface area contributed by atoms with Gasteiger partial charge in [-0.1, -0.05) is 30.7 Å². The third-order valence-corrected chi connectivity index (χ3v) is 4.16. The summed E-state index contributed by atoms with van der Waals surface area (Å²) in [6.07, 6.45) is 1.11. The monoisotopic (exact) mass is 282 g/mol. The Morgan fingerprint density at radius 3 is 2.32 bits per heavy atom. The zero-order valence-corrected chi connectivity index (χ0v) is 12.3. The van der Waals surface area contributed by atoms with Gasteiger partial charge in [0, 0.05) is 43.8 Å². The minimum absolute atomic E-state index is 0.258. The molecule has 1 unspecified atom stereocenters. The Balaban J connectivity index is 1.97. The molecule has 0 amide bonds. The van der Waals surface area contributed by atoms with Crippen LogP contribution in [0.4, 0.5) is 0 Å². The van der Waals surface area contributed by atoms with Crippen LogP contribution in [0.15, 0.2) is 24.3 Å². The van der Waals surface area contributed by atoms with E-state index in [0.29, 0.717) is 6.04 Å². The van der Waals surface area contributed by atoms with Crippen molar-refractivity contribution < 1.29 is 5.11 Å². The lowest BCUT2D eigenvalue weighted by Crippen LogP contribution is -2.48. The second-order valence-electron chi connectivity index (χ2n) is 5.08. The van der Waals surface area contributed by atoms with Gasteiger partial charge in [-0.2, -0.15) is 0 Å². The van der Waals surface area contributed by atoms with Crippen LogP contribution < -0.4 is 0 Å². The van der Waals surface area contributed by atoms with Crippen LogP contribution in [0.1, 0.15) is 24.9 Å². The molecule has 1 aliphatic heterocycles. The molecule has 0 saturated carbocycles. The third kappa shape index (κ3) is 3.93. The molecular weight excluding hydrogens is 260 g/mol. The highest BCUT2D eigenvalue weighted by molar-refractivity contribution is 6.30. The molecule has 2 rings (SSSR count). The number of piperazine rings is 1. The van der Waals surface area contributed by atoms with Crippen molar-refractivity contribution in [3.8, 4) is 0 Å². The summed E-state index contributed by atoms with van der Waals surface area (Å²) >= 11 is 5.96. The standard InChI is InChI=1S/C15H23ClN2O/c1-2-15(13-3-5-14(16)6-4-13)18-9-7-17(8-10-18)11-12-19/h3-6,15,19H,2,7-12H2,1H3. The van der Waals surface area contributed by atoms with E-state index >= 15 is 0 Å². The van der Waals surface area contributed by atoms with Gasteiger partial charge in [-0.15, -0.1) is 0 Å². The van der Waals surface area contributed by atoms with E-state index in [1.165, 1.54) is 5.56 Å². The Hall–Kier alpha value is -0.610. The van der Waals surface area contributed by atoms with Gasteiger partial charge >= 0.3 is 0 Å². The van der Waals surface area contributed by atoms with E-state index in [1.807, 2.05) is 12.1 Å². The fraction of sp³-hybridized carbons (Fsp3) is 0.600. The van der Waals surface area contributed by atoms with Crippen LogP contribution in [-0.4, -0.2) is 54.2 Å². The molecule has 3 nitrogen and oxygen atoms in total. The van der Waals surface area contributed by atoms with E-state index in [0.717, 1.165) is 44.2 Å². The maximum Gasteiger partial charge on any atom is 0.0558 e. The number of benzene rings is 1. The predicted octanol–water partition coefficient (Wildman–Crippen LogP) is 2.40. The van der Waals surface area contributed by atoms with Gasteiger partial charge in [0.1, 0.15) is 0 Å². The first-order valence-electron chi connectivity index (χ1n) is 7.07. The number of rotatable bonds is 5. The maximum atomic E-state index is 8.98. The predicted molar refractivity (Wildman–Crippen MR) is 79.6 cm³/mol. The summed E-state index contributed by atoms with van der Waals surface area (Å²) in [5, 5.41) is 9.77. The number of halogens is 1. The van der Waals surface area contributed by atoms with Crippen molar-refractivity contribution in [3.63, 3.8) is 0 Å². The van der Waals surface area contributed by atoms with Crippen molar-refractivity contribution in [1.29, 1.82) is 0 Å². The van der Waals surface area contributed by atoms with E-state index in [1.54, 1.807) is 0 Å². The number of hydrogen-bond acceptors (Lipinski definition) is 3. The summed E-state index contributed by atoms with van der Waals surface area (Å²) in [6.45, 7) is 7.52. The second kappa shape index (κ2) is 7.25. The first-order valence-corrected chi connectivity index (χ1v) is 7.45. The maximum absolute atomic E-state index is 8.98. The molecule has 0 bridgehead atoms. The Kier molecular flexibility index (Phi) is 5.64. The van der Waals surface area contributed by atoms with Crippen LogP contribution in [0.2, 0.25) is 5.02 Å². The molecule has 1 fully saturated rings. The van der Waals surface area contributed by atoms with Crippen LogP contribution >= 0.6 is 11.6 Å². The zero-order valence-electron chi connectivity index (χ0n) is 11.6. The summed E-state index contributed by atoms with van der Waals surface area (Å²) < 4.78 is 0. The van der Waals surface area contributed by atoms with Crippen LogP contribution in [0.5, 0.6) is 0 Å². The summed E-state index contributed by atoms with van der Waals surface area (Å²) in [7, 11) is 0. The molecule has 0 spiro atoms. The summed E-state index contributed by atoms with van der Waals surface area (Å²) in [5.41, 5.74) is 1.35. The minimum atomic E-state index is 0.258. The SMILES string of the molecule is CCC(c1ccc(Cl)cc1)N1CCN(CCO)CC1. The highest BCUT2D eigenvalue weighted by atomic mass is 35.5. The minimum Gasteiger partial charge on any atom is -0.395 e. The van der Waals surface area contributed by atoms with E-state index in [2.05, 4.69) is 28.9 Å². The van der Waals surface area contributed by atoms with Gasteiger partial charge in [0.2, 0.25) is 0 Å². The van der Waals surface area contributed by atoms with Crippen LogP contribution in [0.25, 0.3) is 0 Å². The van der Waals surface area contributed by atoms with Gasteiger partial charge in [0.05, 0.1) is 6.61 Å². The number of aliphatic hydroxyl groups excluding tert-OH is 1. The smallest absolute Gasteiger partial charge is 0.0558 e. The summed E-state index contributed by atoms with van der Waals surface area (Å²) in [4.78, 5) is 4.86. The Bertz CT molecular complexity index is 374. The van der Waals surface area contributed by atoms with Gasteiger partial charge < -0.3 is 5.11 Å². The molecule has 4 heteroatoms. The van der Waals surface area contributed by atoms with Gasteiger partial charge in [-0.3, -0.25) is 9.80 Å². The third-order valence-electron chi connectivity index (χ3n) is 3.91. The van der Waals surface area contributed by atoms with Crippen LogP contribution in [-0.2, 0) is 0 Å². The van der Waals surface area contributed by atoms with E-state index in [9.17, 15) is 0 Å². The molecule has 1 heterocycles. The fourth-order valence-corrected chi connectivity index (χ4v) is 2.96. The molecule has 0 radical (unpaired) electrons. The lowest BCUT2D eigenvalue weighted by atomic mass is 10.0. The quantitative estimate of drug-likeness (QED) is 0.898. The lowest BCUT2D eigenvalue weighted by molar-refractivity contribution is 0.0818. The molecule has 1 aromatic carbocycles. The first kappa shape index (κ1) is 14.8. The van der Waals surface area contributed by atoms with Crippen LogP contribution in [0.3, 0.4) is 0 Å². The summed E-state index contributed by atoms with van der Waals surface area (Å²) in [5.74, 6) is 0. The topological polar surface area (TPSA) is 26.7 Å². The molecular formula is C15H23ClN2O. The first-order chi connectivity index (χ1) is 9.24. The van der Waals surface area contributed by atoms with Crippen molar-refractivity contribution in [3.05, 3.63) is 34.9 Å². The molecule has 1 atom stereocenters. The lowest BCUT2D eigenvalue weighted by Gasteiger charge is -2.39. The number of β-amino-alcohol motifs (C(OH)–C–C–N with tert-alkyl or cyclic N) is 1. The van der Waals surface area contributed by atoms with Gasteiger partial charge in [0.15, 0.2) is 0 Å². The van der Waals surface area contributed by atoms with Crippen LogP contribution in [0, 0.1) is 0 Å². The molecule has 1 N–H and O–H groups in total. The normalized spacial score (nSPS) is 19.5. The molecule has 0 aromatic heterocycles. The number of hydrogen-bond donors (Lipinski definition) is 1. The molecule has 19 heavy (non-hydrogen) atoms. The highest BCUT2D eigenvalue weighted by Gasteiger charge is 2.23. The van der Waals surface area contributed by atoms with Gasteiger partial charge in [-0.05, 0) is 24.1 Å². The van der Waals surface area contributed by atoms with Crippen molar-refractivity contribution in [2.45, 2.75) is 19.4 Å². The van der Waals surface area contributed by atoms with Gasteiger partial charge in [0.25, 0.3) is 0 Å².